The summed E-state index contributed by atoms with van der Waals surface area (Å²) < 4.78 is 0. The Bertz CT molecular complexity index is 375. The van der Waals surface area contributed by atoms with Crippen LogP contribution in [0.2, 0.25) is 0 Å². The molecule has 1 saturated carbocycles. The summed E-state index contributed by atoms with van der Waals surface area (Å²) in [5, 5.41) is 3.26. The van der Waals surface area contributed by atoms with E-state index in [1.807, 2.05) is 24.8 Å². The van der Waals surface area contributed by atoms with Crippen LogP contribution in [0.5, 0.6) is 0 Å². The first-order valence-electron chi connectivity index (χ1n) is 6.94. The molecule has 1 fully saturated rings. The lowest BCUT2D eigenvalue weighted by molar-refractivity contribution is 0.623. The van der Waals surface area contributed by atoms with Crippen molar-refractivity contribution in [3.8, 4) is 0 Å². The van der Waals surface area contributed by atoms with Crippen LogP contribution in [0.15, 0.2) is 6.07 Å². The molecule has 2 rings (SSSR count). The van der Waals surface area contributed by atoms with Crippen molar-refractivity contribution in [3.05, 3.63) is 17.6 Å². The predicted molar refractivity (Wildman–Crippen MR) is 79.1 cm³/mol. The van der Waals surface area contributed by atoms with E-state index in [0.29, 0.717) is 0 Å². The first kappa shape index (κ1) is 13.7. The molecule has 3 nitrogen and oxygen atoms in total. The number of thioether (sulfide) groups is 1. The Morgan fingerprint density at radius 1 is 1.33 bits per heavy atom. The largest absolute Gasteiger partial charge is 0.370 e. The average molecular weight is 265 g/mol. The number of rotatable bonds is 6. The van der Waals surface area contributed by atoms with Crippen LogP contribution in [-0.4, -0.2) is 22.3 Å². The molecule has 1 aromatic heterocycles. The molecule has 100 valence electrons. The van der Waals surface area contributed by atoms with Gasteiger partial charge in [0, 0.05) is 18.3 Å². The highest BCUT2D eigenvalue weighted by Crippen LogP contribution is 2.28. The smallest absolute Gasteiger partial charge is 0.140 e. The van der Waals surface area contributed by atoms with E-state index < -0.39 is 0 Å². The SMILES string of the molecule is CCNc1cc(C)nc(CSCC2CCCC2)n1. The van der Waals surface area contributed by atoms with E-state index in [4.69, 9.17) is 0 Å². The number of aromatic nitrogens is 2. The van der Waals surface area contributed by atoms with Gasteiger partial charge < -0.3 is 5.32 Å². The first-order valence-corrected chi connectivity index (χ1v) is 8.09. The van der Waals surface area contributed by atoms with Gasteiger partial charge in [0.25, 0.3) is 0 Å². The number of aryl methyl sites for hydroxylation is 1. The minimum atomic E-state index is 0.908. The minimum absolute atomic E-state index is 0.908. The van der Waals surface area contributed by atoms with Crippen LogP contribution in [0, 0.1) is 12.8 Å². The molecular formula is C14H23N3S. The van der Waals surface area contributed by atoms with E-state index in [2.05, 4.69) is 22.2 Å². The highest BCUT2D eigenvalue weighted by Gasteiger charge is 2.14. The normalized spacial score (nSPS) is 16.1. The maximum absolute atomic E-state index is 4.54. The van der Waals surface area contributed by atoms with Gasteiger partial charge in [-0.1, -0.05) is 12.8 Å². The van der Waals surface area contributed by atoms with Crippen LogP contribution < -0.4 is 5.32 Å². The van der Waals surface area contributed by atoms with Crippen molar-refractivity contribution in [1.82, 2.24) is 9.97 Å². The maximum Gasteiger partial charge on any atom is 0.140 e. The molecule has 18 heavy (non-hydrogen) atoms. The van der Waals surface area contributed by atoms with E-state index >= 15 is 0 Å². The van der Waals surface area contributed by atoms with Crippen LogP contribution in [0.3, 0.4) is 0 Å². The third-order valence-corrected chi connectivity index (χ3v) is 4.49. The summed E-state index contributed by atoms with van der Waals surface area (Å²) in [4.78, 5) is 9.05. The Hall–Kier alpha value is -0.770. The Labute approximate surface area is 114 Å². The highest BCUT2D eigenvalue weighted by atomic mass is 32.2. The van der Waals surface area contributed by atoms with Crippen molar-refractivity contribution < 1.29 is 0 Å². The lowest BCUT2D eigenvalue weighted by atomic mass is 10.1. The molecular weight excluding hydrogens is 242 g/mol. The highest BCUT2D eigenvalue weighted by molar-refractivity contribution is 7.98. The first-order chi connectivity index (χ1) is 8.78. The lowest BCUT2D eigenvalue weighted by Crippen LogP contribution is -2.05. The van der Waals surface area contributed by atoms with Crippen molar-refractivity contribution in [1.29, 1.82) is 0 Å². The molecule has 0 amide bonds. The van der Waals surface area contributed by atoms with Crippen molar-refractivity contribution >= 4 is 17.6 Å². The van der Waals surface area contributed by atoms with Crippen LogP contribution in [0.4, 0.5) is 5.82 Å². The standard InChI is InChI=1S/C14H23N3S/c1-3-15-13-8-11(2)16-14(17-13)10-18-9-12-6-4-5-7-12/h8,12H,3-7,9-10H2,1-2H3,(H,15,16,17). The molecule has 1 aliphatic carbocycles. The molecule has 0 unspecified atom stereocenters. The van der Waals surface area contributed by atoms with E-state index in [0.717, 1.165) is 35.6 Å². The molecule has 0 spiro atoms. The van der Waals surface area contributed by atoms with Crippen LogP contribution in [0.25, 0.3) is 0 Å². The Morgan fingerprint density at radius 2 is 2.11 bits per heavy atom. The molecule has 1 N–H and O–H groups in total. The van der Waals surface area contributed by atoms with Gasteiger partial charge in [-0.05, 0) is 38.4 Å². The molecule has 1 heterocycles. The lowest BCUT2D eigenvalue weighted by Gasteiger charge is -2.09. The molecule has 1 aromatic rings. The van der Waals surface area contributed by atoms with Gasteiger partial charge in [0.15, 0.2) is 0 Å². The van der Waals surface area contributed by atoms with Crippen molar-refractivity contribution in [2.45, 2.75) is 45.3 Å². The van der Waals surface area contributed by atoms with Crippen LogP contribution in [-0.2, 0) is 5.75 Å². The van der Waals surface area contributed by atoms with Gasteiger partial charge >= 0.3 is 0 Å². The van der Waals surface area contributed by atoms with E-state index in [1.165, 1.54) is 31.4 Å². The Kier molecular flexibility index (Phi) is 5.29. The van der Waals surface area contributed by atoms with Gasteiger partial charge in [-0.2, -0.15) is 11.8 Å². The van der Waals surface area contributed by atoms with Gasteiger partial charge in [-0.25, -0.2) is 9.97 Å². The topological polar surface area (TPSA) is 37.8 Å². The quantitative estimate of drug-likeness (QED) is 0.852. The number of hydrogen-bond donors (Lipinski definition) is 1. The molecule has 0 bridgehead atoms. The molecule has 0 aliphatic heterocycles. The average Bonchev–Trinajstić information content (AvgIpc) is 2.82. The summed E-state index contributed by atoms with van der Waals surface area (Å²) in [5.41, 5.74) is 1.05. The zero-order chi connectivity index (χ0) is 12.8. The number of nitrogens with one attached hydrogen (secondary N) is 1. The zero-order valence-corrected chi connectivity index (χ0v) is 12.2. The zero-order valence-electron chi connectivity index (χ0n) is 11.4. The molecule has 0 atom stereocenters. The fourth-order valence-electron chi connectivity index (χ4n) is 2.46. The predicted octanol–water partition coefficient (Wildman–Crippen LogP) is 3.64. The monoisotopic (exact) mass is 265 g/mol. The number of hydrogen-bond acceptors (Lipinski definition) is 4. The minimum Gasteiger partial charge on any atom is -0.370 e. The van der Waals surface area contributed by atoms with Crippen molar-refractivity contribution in [2.75, 3.05) is 17.6 Å². The van der Waals surface area contributed by atoms with Gasteiger partial charge in [-0.3, -0.25) is 0 Å². The fraction of sp³-hybridized carbons (Fsp3) is 0.714. The third kappa shape index (κ3) is 4.16. The summed E-state index contributed by atoms with van der Waals surface area (Å²) >= 11 is 1.99. The molecule has 1 aliphatic rings. The second kappa shape index (κ2) is 6.98. The summed E-state index contributed by atoms with van der Waals surface area (Å²) in [6, 6.07) is 2.01. The van der Waals surface area contributed by atoms with Crippen LogP contribution >= 0.6 is 11.8 Å². The number of anilines is 1. The van der Waals surface area contributed by atoms with Crippen molar-refractivity contribution in [2.24, 2.45) is 5.92 Å². The second-order valence-corrected chi connectivity index (χ2v) is 6.04. The van der Waals surface area contributed by atoms with E-state index in [9.17, 15) is 0 Å². The molecule has 0 saturated heterocycles. The Morgan fingerprint density at radius 3 is 2.83 bits per heavy atom. The van der Waals surface area contributed by atoms with Gasteiger partial charge in [0.1, 0.15) is 11.6 Å². The summed E-state index contributed by atoms with van der Waals surface area (Å²) in [7, 11) is 0. The maximum atomic E-state index is 4.54. The summed E-state index contributed by atoms with van der Waals surface area (Å²) in [6.07, 6.45) is 5.70. The molecule has 0 aromatic carbocycles. The molecule has 0 radical (unpaired) electrons. The van der Waals surface area contributed by atoms with E-state index in [-0.39, 0.29) is 0 Å². The fourth-order valence-corrected chi connectivity index (χ4v) is 3.56. The van der Waals surface area contributed by atoms with E-state index in [1.54, 1.807) is 0 Å². The van der Waals surface area contributed by atoms with Gasteiger partial charge in [-0.15, -0.1) is 0 Å². The summed E-state index contributed by atoms with van der Waals surface area (Å²) in [6.45, 7) is 5.03. The summed E-state index contributed by atoms with van der Waals surface area (Å²) in [5.74, 6) is 5.08. The third-order valence-electron chi connectivity index (χ3n) is 3.32. The van der Waals surface area contributed by atoms with Crippen molar-refractivity contribution in [3.63, 3.8) is 0 Å². The van der Waals surface area contributed by atoms with Gasteiger partial charge in [0.05, 0.1) is 5.75 Å². The second-order valence-electron chi connectivity index (χ2n) is 5.01. The number of nitrogens with zero attached hydrogens (tertiary/aromatic N) is 2. The van der Waals surface area contributed by atoms with Crippen LogP contribution in [0.1, 0.15) is 44.1 Å². The molecule has 4 heteroatoms. The van der Waals surface area contributed by atoms with Gasteiger partial charge in [0.2, 0.25) is 0 Å². The Balaban J connectivity index is 1.83.